The van der Waals surface area contributed by atoms with Gasteiger partial charge in [0.15, 0.2) is 0 Å². The highest BCUT2D eigenvalue weighted by molar-refractivity contribution is 8.02. The zero-order valence-electron chi connectivity index (χ0n) is 23.5. The van der Waals surface area contributed by atoms with E-state index in [9.17, 15) is 19.5 Å². The summed E-state index contributed by atoms with van der Waals surface area (Å²) in [7, 11) is 0. The third-order valence-electron chi connectivity index (χ3n) is 8.50. The van der Waals surface area contributed by atoms with E-state index in [-0.39, 0.29) is 36.1 Å². The average Bonchev–Trinajstić information content (AvgIpc) is 3.59. The fourth-order valence-corrected chi connectivity index (χ4v) is 9.33. The second-order valence-electron chi connectivity index (χ2n) is 11.0. The van der Waals surface area contributed by atoms with Crippen LogP contribution < -0.4 is 4.90 Å². The summed E-state index contributed by atoms with van der Waals surface area (Å²) in [5, 5.41) is 9.66. The molecule has 3 aliphatic rings. The molecule has 0 radical (unpaired) electrons. The van der Waals surface area contributed by atoms with Crippen molar-refractivity contribution in [1.29, 1.82) is 0 Å². The van der Waals surface area contributed by atoms with Crippen molar-refractivity contribution in [1.82, 2.24) is 9.80 Å². The Morgan fingerprint density at radius 1 is 1.15 bits per heavy atom. The molecule has 3 aliphatic heterocycles. The Morgan fingerprint density at radius 3 is 2.55 bits per heavy atom. The number of benzene rings is 1. The first-order valence-corrected chi connectivity index (χ1v) is 15.8. The lowest BCUT2D eigenvalue weighted by Gasteiger charge is -2.37. The second-order valence-corrected chi connectivity index (χ2v) is 13.0. The molecule has 7 nitrogen and oxygen atoms in total. The lowest BCUT2D eigenvalue weighted by Crippen LogP contribution is -2.55. The number of fused-ring (bicyclic) bond motifs is 1. The van der Waals surface area contributed by atoms with Crippen LogP contribution in [-0.2, 0) is 14.4 Å². The highest BCUT2D eigenvalue weighted by Crippen LogP contribution is 2.66. The summed E-state index contributed by atoms with van der Waals surface area (Å²) in [6.45, 7) is 11.7. The van der Waals surface area contributed by atoms with Crippen molar-refractivity contribution in [3.8, 4) is 0 Å². The summed E-state index contributed by atoms with van der Waals surface area (Å²) >= 11 is 8.25. The molecule has 2 unspecified atom stereocenters. The molecule has 1 aromatic rings. The molecular formula is C31H42ClN3O4S. The van der Waals surface area contributed by atoms with Crippen LogP contribution in [0.15, 0.2) is 49.6 Å². The minimum absolute atomic E-state index is 0.00391. The Hall–Kier alpha value is -2.29. The van der Waals surface area contributed by atoms with Gasteiger partial charge in [0.1, 0.15) is 6.04 Å². The van der Waals surface area contributed by atoms with E-state index >= 15 is 0 Å². The first kappa shape index (κ1) is 30.7. The number of rotatable bonds is 15. The summed E-state index contributed by atoms with van der Waals surface area (Å²) in [5.74, 6) is -1.22. The van der Waals surface area contributed by atoms with Gasteiger partial charge in [-0.3, -0.25) is 14.4 Å². The first-order chi connectivity index (χ1) is 19.4. The molecule has 3 saturated heterocycles. The molecule has 1 aromatic carbocycles. The van der Waals surface area contributed by atoms with Gasteiger partial charge in [-0.25, -0.2) is 0 Å². The van der Waals surface area contributed by atoms with E-state index in [2.05, 4.69) is 13.2 Å². The van der Waals surface area contributed by atoms with E-state index in [1.807, 2.05) is 30.0 Å². The molecule has 0 saturated carbocycles. The standard InChI is InChI=1S/C31H42ClN3O4S/c1-4-17-33(18-5-2)28(37)25-24-15-16-31(40-24)26(25)29(38)35(20-11-7-8-12-21-36)27(31)30(39)34(19-6-3)23-14-10-9-13-22(23)32/h4,6,9-10,13-14,24-27,36H,1,3,5,7-8,11-12,15-21H2,2H3/t24-,25+,26-,27?,31?/m0/s1. The number of hydrogen-bond acceptors (Lipinski definition) is 5. The number of likely N-dealkylation sites (tertiary alicyclic amines) is 1. The minimum atomic E-state index is -0.689. The van der Waals surface area contributed by atoms with Crippen LogP contribution in [0.3, 0.4) is 0 Å². The van der Waals surface area contributed by atoms with Crippen LogP contribution in [0.25, 0.3) is 0 Å². The van der Waals surface area contributed by atoms with Gasteiger partial charge in [0.2, 0.25) is 11.8 Å². The monoisotopic (exact) mass is 587 g/mol. The Bertz CT molecular complexity index is 1120. The molecule has 2 bridgehead atoms. The van der Waals surface area contributed by atoms with Crippen molar-refractivity contribution < 1.29 is 19.5 Å². The molecule has 0 aliphatic carbocycles. The molecule has 40 heavy (non-hydrogen) atoms. The first-order valence-electron chi connectivity index (χ1n) is 14.5. The van der Waals surface area contributed by atoms with Crippen molar-refractivity contribution in [3.63, 3.8) is 0 Å². The number of thioether (sulfide) groups is 1. The molecule has 3 heterocycles. The summed E-state index contributed by atoms with van der Waals surface area (Å²) in [6.07, 6.45) is 8.93. The molecule has 3 fully saturated rings. The Kier molecular flexibility index (Phi) is 10.4. The number of halogens is 1. The van der Waals surface area contributed by atoms with Crippen molar-refractivity contribution >= 4 is 46.8 Å². The van der Waals surface area contributed by atoms with Gasteiger partial charge in [-0.2, -0.15) is 0 Å². The molecule has 5 atom stereocenters. The maximum absolute atomic E-state index is 14.6. The fraction of sp³-hybridized carbons (Fsp3) is 0.581. The van der Waals surface area contributed by atoms with E-state index in [4.69, 9.17) is 11.6 Å². The van der Waals surface area contributed by atoms with Crippen LogP contribution in [-0.4, -0.2) is 81.5 Å². The van der Waals surface area contributed by atoms with Crippen molar-refractivity contribution in [3.05, 3.63) is 54.6 Å². The van der Waals surface area contributed by atoms with Gasteiger partial charge >= 0.3 is 0 Å². The number of aliphatic hydroxyl groups excluding tert-OH is 1. The van der Waals surface area contributed by atoms with Gasteiger partial charge in [-0.1, -0.05) is 55.7 Å². The van der Waals surface area contributed by atoms with E-state index in [0.29, 0.717) is 36.8 Å². The Balaban J connectivity index is 1.72. The lowest BCUT2D eigenvalue weighted by molar-refractivity contribution is -0.143. The van der Waals surface area contributed by atoms with Gasteiger partial charge in [-0.15, -0.1) is 24.9 Å². The quantitative estimate of drug-likeness (QED) is 0.232. The predicted molar refractivity (Wildman–Crippen MR) is 162 cm³/mol. The summed E-state index contributed by atoms with van der Waals surface area (Å²) in [4.78, 5) is 48.1. The van der Waals surface area contributed by atoms with Crippen LogP contribution in [0.4, 0.5) is 5.69 Å². The summed E-state index contributed by atoms with van der Waals surface area (Å²) in [6, 6.07) is 6.55. The highest BCUT2D eigenvalue weighted by atomic mass is 35.5. The number of carbonyl (C=O) groups is 3. The van der Waals surface area contributed by atoms with E-state index in [0.717, 1.165) is 38.5 Å². The van der Waals surface area contributed by atoms with E-state index in [1.165, 1.54) is 0 Å². The molecule has 218 valence electrons. The SMILES string of the molecule is C=CCN(CCC)C(=O)[C@@H]1[C@@H]2CCC3(S2)C(C(=O)N(CC=C)c2ccccc2Cl)N(CCCCCCO)C(=O)[C@H]13. The zero-order chi connectivity index (χ0) is 28.9. The number of hydrogen-bond donors (Lipinski definition) is 1. The number of unbranched alkanes of at least 4 members (excludes halogenated alkanes) is 3. The maximum Gasteiger partial charge on any atom is 0.251 e. The number of para-hydroxylation sites is 1. The van der Waals surface area contributed by atoms with E-state index in [1.54, 1.807) is 39.8 Å². The number of nitrogens with zero attached hydrogens (tertiary/aromatic N) is 3. The van der Waals surface area contributed by atoms with Gasteiger partial charge < -0.3 is 19.8 Å². The number of amides is 3. The van der Waals surface area contributed by atoms with Crippen LogP contribution in [0, 0.1) is 11.8 Å². The van der Waals surface area contributed by atoms with Crippen LogP contribution in [0.2, 0.25) is 5.02 Å². The average molecular weight is 588 g/mol. The lowest BCUT2D eigenvalue weighted by atomic mass is 9.70. The molecule has 1 N–H and O–H groups in total. The van der Waals surface area contributed by atoms with Crippen LogP contribution in [0.5, 0.6) is 0 Å². The number of aliphatic hydroxyl groups is 1. The molecule has 1 spiro atoms. The largest absolute Gasteiger partial charge is 0.396 e. The smallest absolute Gasteiger partial charge is 0.251 e. The van der Waals surface area contributed by atoms with Crippen molar-refractivity contribution in [2.24, 2.45) is 11.8 Å². The van der Waals surface area contributed by atoms with Gasteiger partial charge in [0, 0.05) is 38.0 Å². The zero-order valence-corrected chi connectivity index (χ0v) is 25.0. The maximum atomic E-state index is 14.6. The normalized spacial score (nSPS) is 26.6. The predicted octanol–water partition coefficient (Wildman–Crippen LogP) is 4.93. The fourth-order valence-electron chi connectivity index (χ4n) is 6.88. The summed E-state index contributed by atoms with van der Waals surface area (Å²) < 4.78 is -0.656. The Morgan fingerprint density at radius 2 is 1.88 bits per heavy atom. The van der Waals surface area contributed by atoms with E-state index < -0.39 is 22.6 Å². The third kappa shape index (κ3) is 5.59. The van der Waals surface area contributed by atoms with Crippen LogP contribution in [0.1, 0.15) is 51.9 Å². The highest BCUT2D eigenvalue weighted by Gasteiger charge is 2.74. The van der Waals surface area contributed by atoms with Crippen molar-refractivity contribution in [2.75, 3.05) is 37.7 Å². The molecule has 3 amide bonds. The molecule has 0 aromatic heterocycles. The second kappa shape index (κ2) is 13.6. The number of carbonyl (C=O) groups excluding carboxylic acids is 3. The molecular weight excluding hydrogens is 546 g/mol. The van der Waals surface area contributed by atoms with Crippen molar-refractivity contribution in [2.45, 2.75) is 67.9 Å². The minimum Gasteiger partial charge on any atom is -0.396 e. The van der Waals surface area contributed by atoms with Gasteiger partial charge in [-0.05, 0) is 44.2 Å². The summed E-state index contributed by atoms with van der Waals surface area (Å²) in [5.41, 5.74) is 0.592. The van der Waals surface area contributed by atoms with Gasteiger partial charge in [0.25, 0.3) is 5.91 Å². The Labute approximate surface area is 247 Å². The third-order valence-corrected chi connectivity index (χ3v) is 10.8. The van der Waals surface area contributed by atoms with Gasteiger partial charge in [0.05, 0.1) is 27.3 Å². The topological polar surface area (TPSA) is 81.2 Å². The molecule has 9 heteroatoms. The molecule has 4 rings (SSSR count). The van der Waals surface area contributed by atoms with Crippen LogP contribution >= 0.6 is 23.4 Å². The number of anilines is 1.